The van der Waals surface area contributed by atoms with Gasteiger partial charge in [0.25, 0.3) is 0 Å². The van der Waals surface area contributed by atoms with E-state index in [0.29, 0.717) is 10.6 Å². The fourth-order valence-electron chi connectivity index (χ4n) is 1.52. The Morgan fingerprint density at radius 3 is 2.37 bits per heavy atom. The summed E-state index contributed by atoms with van der Waals surface area (Å²) in [6.45, 7) is 0. The van der Waals surface area contributed by atoms with Crippen LogP contribution in [0.5, 0.6) is 0 Å². The van der Waals surface area contributed by atoms with Crippen molar-refractivity contribution >= 4 is 40.8 Å². The van der Waals surface area contributed by atoms with Crippen LogP contribution in [0.25, 0.3) is 0 Å². The molecule has 5 heteroatoms. The Hall–Kier alpha value is -1.16. The highest BCUT2D eigenvalue weighted by molar-refractivity contribution is 7.98. The fraction of sp³-hybridized carbons (Fsp3) is 0.0714. The second-order valence-electron chi connectivity index (χ2n) is 3.96. The molecule has 19 heavy (non-hydrogen) atoms. The van der Waals surface area contributed by atoms with Crippen molar-refractivity contribution in [1.82, 2.24) is 0 Å². The van der Waals surface area contributed by atoms with Gasteiger partial charge >= 0.3 is 0 Å². The van der Waals surface area contributed by atoms with E-state index in [2.05, 4.69) is 0 Å². The summed E-state index contributed by atoms with van der Waals surface area (Å²) in [6, 6.07) is 13.1. The van der Waals surface area contributed by atoms with Gasteiger partial charge in [0.15, 0.2) is 0 Å². The van der Waals surface area contributed by atoms with Crippen molar-refractivity contribution in [2.24, 2.45) is 5.73 Å². The maximum absolute atomic E-state index is 7.36. The van der Waals surface area contributed by atoms with Gasteiger partial charge in [-0.2, -0.15) is 0 Å². The summed E-state index contributed by atoms with van der Waals surface area (Å²) in [4.78, 5) is 1.14. The van der Waals surface area contributed by atoms with Crippen molar-refractivity contribution in [3.63, 3.8) is 0 Å². The number of thioether (sulfide) groups is 1. The minimum Gasteiger partial charge on any atom is -0.384 e. The number of nitrogens with two attached hydrogens (primary N) is 1. The molecule has 0 radical (unpaired) electrons. The molecular formula is C14H12Cl2N2S. The Kier molecular flexibility index (Phi) is 4.75. The topological polar surface area (TPSA) is 49.9 Å². The summed E-state index contributed by atoms with van der Waals surface area (Å²) >= 11 is 13.7. The number of benzene rings is 2. The van der Waals surface area contributed by atoms with Crippen LogP contribution in [0, 0.1) is 5.41 Å². The van der Waals surface area contributed by atoms with E-state index in [-0.39, 0.29) is 5.84 Å². The zero-order valence-corrected chi connectivity index (χ0v) is 12.3. The average molecular weight is 311 g/mol. The van der Waals surface area contributed by atoms with Gasteiger partial charge in [-0.05, 0) is 35.9 Å². The van der Waals surface area contributed by atoms with E-state index >= 15 is 0 Å². The molecule has 0 aromatic heterocycles. The van der Waals surface area contributed by atoms with Crippen molar-refractivity contribution < 1.29 is 0 Å². The molecule has 0 saturated heterocycles. The lowest BCUT2D eigenvalue weighted by Crippen LogP contribution is -2.10. The van der Waals surface area contributed by atoms with Crippen LogP contribution >= 0.6 is 35.0 Å². The summed E-state index contributed by atoms with van der Waals surface area (Å²) in [5.41, 5.74) is 7.08. The van der Waals surface area contributed by atoms with Gasteiger partial charge in [0.05, 0.1) is 0 Å². The third-order valence-electron chi connectivity index (χ3n) is 2.57. The molecule has 0 amide bonds. The number of amidine groups is 1. The van der Waals surface area contributed by atoms with Crippen molar-refractivity contribution in [3.05, 3.63) is 63.6 Å². The first-order valence-corrected chi connectivity index (χ1v) is 7.31. The minimum atomic E-state index is 0.0267. The molecular weight excluding hydrogens is 299 g/mol. The van der Waals surface area contributed by atoms with Crippen molar-refractivity contribution in [2.45, 2.75) is 10.6 Å². The number of nitrogens with one attached hydrogen (secondary N) is 1. The number of rotatable bonds is 4. The van der Waals surface area contributed by atoms with E-state index in [9.17, 15) is 0 Å². The van der Waals surface area contributed by atoms with Crippen LogP contribution < -0.4 is 5.73 Å². The second-order valence-corrected chi connectivity index (χ2v) is 5.85. The maximum Gasteiger partial charge on any atom is 0.122 e. The molecule has 2 nitrogen and oxygen atoms in total. The van der Waals surface area contributed by atoms with Gasteiger partial charge in [-0.25, -0.2) is 0 Å². The standard InChI is InChI=1S/C14H12Cl2N2S/c15-11-3-5-12(6-4-11)19-8-10-2-1-9(14(17)18)7-13(10)16/h1-7H,8H2,(H3,17,18). The fourth-order valence-corrected chi connectivity index (χ4v) is 2.88. The van der Waals surface area contributed by atoms with Gasteiger partial charge in [-0.1, -0.05) is 35.3 Å². The Labute approximate surface area is 126 Å². The van der Waals surface area contributed by atoms with Crippen LogP contribution in [0.4, 0.5) is 0 Å². The second kappa shape index (κ2) is 6.33. The lowest BCUT2D eigenvalue weighted by Gasteiger charge is -2.06. The molecule has 0 unspecified atom stereocenters. The van der Waals surface area contributed by atoms with Gasteiger partial charge < -0.3 is 5.73 Å². The molecule has 98 valence electrons. The minimum absolute atomic E-state index is 0.0267. The molecule has 0 aliphatic heterocycles. The van der Waals surface area contributed by atoms with Crippen LogP contribution in [0.1, 0.15) is 11.1 Å². The number of hydrogen-bond acceptors (Lipinski definition) is 2. The molecule has 0 fully saturated rings. The van der Waals surface area contributed by atoms with Crippen LogP contribution in [0.15, 0.2) is 47.4 Å². The average Bonchev–Trinajstić information content (AvgIpc) is 2.39. The quantitative estimate of drug-likeness (QED) is 0.494. The van der Waals surface area contributed by atoms with Crippen LogP contribution in [-0.2, 0) is 5.75 Å². The molecule has 0 aliphatic carbocycles. The van der Waals surface area contributed by atoms with Crippen molar-refractivity contribution in [3.8, 4) is 0 Å². The van der Waals surface area contributed by atoms with E-state index in [1.54, 1.807) is 17.8 Å². The van der Waals surface area contributed by atoms with Gasteiger partial charge in [0.1, 0.15) is 5.84 Å². The first-order chi connectivity index (χ1) is 9.06. The summed E-state index contributed by atoms with van der Waals surface area (Å²) in [7, 11) is 0. The molecule has 0 saturated carbocycles. The van der Waals surface area contributed by atoms with Crippen LogP contribution in [-0.4, -0.2) is 5.84 Å². The third kappa shape index (κ3) is 3.90. The highest BCUT2D eigenvalue weighted by atomic mass is 35.5. The summed E-state index contributed by atoms with van der Waals surface area (Å²) in [5, 5.41) is 8.72. The first kappa shape index (κ1) is 14.3. The van der Waals surface area contributed by atoms with Gasteiger partial charge in [0, 0.05) is 26.3 Å². The Balaban J connectivity index is 2.07. The zero-order chi connectivity index (χ0) is 13.8. The Morgan fingerprint density at radius 1 is 1.11 bits per heavy atom. The first-order valence-electron chi connectivity index (χ1n) is 5.57. The van der Waals surface area contributed by atoms with Gasteiger partial charge in [-0.15, -0.1) is 11.8 Å². The monoisotopic (exact) mass is 310 g/mol. The van der Waals surface area contributed by atoms with Crippen LogP contribution in [0.2, 0.25) is 10.0 Å². The normalized spacial score (nSPS) is 10.4. The molecule has 2 rings (SSSR count). The number of hydrogen-bond donors (Lipinski definition) is 2. The van der Waals surface area contributed by atoms with Gasteiger partial charge in [0.2, 0.25) is 0 Å². The summed E-state index contributed by atoms with van der Waals surface area (Å²) in [6.07, 6.45) is 0. The SMILES string of the molecule is N=C(N)c1ccc(CSc2ccc(Cl)cc2)c(Cl)c1. The molecule has 2 aromatic carbocycles. The van der Waals surface area contributed by atoms with E-state index in [1.807, 2.05) is 36.4 Å². The summed E-state index contributed by atoms with van der Waals surface area (Å²) in [5.74, 6) is 0.789. The van der Waals surface area contributed by atoms with E-state index in [1.165, 1.54) is 0 Å². The number of nitrogen functional groups attached to an aromatic ring is 1. The molecule has 0 aliphatic rings. The predicted molar refractivity (Wildman–Crippen MR) is 83.5 cm³/mol. The zero-order valence-electron chi connectivity index (χ0n) is 9.99. The van der Waals surface area contributed by atoms with Crippen LogP contribution in [0.3, 0.4) is 0 Å². The predicted octanol–water partition coefficient (Wildman–Crippen LogP) is 4.57. The van der Waals surface area contributed by atoms with E-state index < -0.39 is 0 Å². The smallest absolute Gasteiger partial charge is 0.122 e. The Bertz CT molecular complexity index is 597. The molecule has 3 N–H and O–H groups in total. The molecule has 0 bridgehead atoms. The molecule has 0 spiro atoms. The lowest BCUT2D eigenvalue weighted by molar-refractivity contribution is 1.36. The van der Waals surface area contributed by atoms with Gasteiger partial charge in [-0.3, -0.25) is 5.41 Å². The molecule has 2 aromatic rings. The van der Waals surface area contributed by atoms with E-state index in [0.717, 1.165) is 21.2 Å². The third-order valence-corrected chi connectivity index (χ3v) is 4.24. The Morgan fingerprint density at radius 2 is 1.79 bits per heavy atom. The van der Waals surface area contributed by atoms with Crippen molar-refractivity contribution in [2.75, 3.05) is 0 Å². The number of halogens is 2. The molecule has 0 atom stereocenters. The van der Waals surface area contributed by atoms with E-state index in [4.69, 9.17) is 34.3 Å². The largest absolute Gasteiger partial charge is 0.384 e. The van der Waals surface area contributed by atoms with Crippen molar-refractivity contribution in [1.29, 1.82) is 5.41 Å². The lowest BCUT2D eigenvalue weighted by atomic mass is 10.1. The highest BCUT2D eigenvalue weighted by Gasteiger charge is 2.04. The maximum atomic E-state index is 7.36. The highest BCUT2D eigenvalue weighted by Crippen LogP contribution is 2.28. The molecule has 0 heterocycles. The summed E-state index contributed by atoms with van der Waals surface area (Å²) < 4.78 is 0.